The fraction of sp³-hybridized carbons (Fsp3) is 0.556. The summed E-state index contributed by atoms with van der Waals surface area (Å²) >= 11 is 0. The van der Waals surface area contributed by atoms with Gasteiger partial charge in [0, 0.05) is 18.8 Å². The summed E-state index contributed by atoms with van der Waals surface area (Å²) in [5.41, 5.74) is 2.90. The summed E-state index contributed by atoms with van der Waals surface area (Å²) < 4.78 is 2.54. The Bertz CT molecular complexity index is 562. The molecule has 1 aliphatic rings. The van der Waals surface area contributed by atoms with Gasteiger partial charge >= 0.3 is 0 Å². The van der Waals surface area contributed by atoms with Crippen molar-refractivity contribution in [2.45, 2.75) is 52.1 Å². The Morgan fingerprint density at radius 2 is 2.00 bits per heavy atom. The van der Waals surface area contributed by atoms with Crippen LogP contribution in [0, 0.1) is 5.92 Å². The fourth-order valence-corrected chi connectivity index (χ4v) is 3.42. The molecule has 2 aromatic rings. The van der Waals surface area contributed by atoms with Gasteiger partial charge in [-0.2, -0.15) is 0 Å². The lowest BCUT2D eigenvalue weighted by Gasteiger charge is -2.16. The van der Waals surface area contributed by atoms with Gasteiger partial charge in [-0.05, 0) is 42.3 Å². The highest BCUT2D eigenvalue weighted by Crippen LogP contribution is 2.33. The molecule has 0 aliphatic heterocycles. The molecule has 0 saturated heterocycles. The van der Waals surface area contributed by atoms with Gasteiger partial charge < -0.3 is 9.88 Å². The van der Waals surface area contributed by atoms with Gasteiger partial charge in [0.15, 0.2) is 0 Å². The summed E-state index contributed by atoms with van der Waals surface area (Å²) in [4.78, 5) is 0. The van der Waals surface area contributed by atoms with Gasteiger partial charge in [0.1, 0.15) is 0 Å². The maximum absolute atomic E-state index is 3.59. The Morgan fingerprint density at radius 1 is 1.20 bits per heavy atom. The van der Waals surface area contributed by atoms with Crippen LogP contribution in [-0.4, -0.2) is 11.1 Å². The lowest BCUT2D eigenvalue weighted by molar-refractivity contribution is 0.529. The second-order valence-electron chi connectivity index (χ2n) is 6.54. The summed E-state index contributed by atoms with van der Waals surface area (Å²) in [5, 5.41) is 4.98. The first-order valence-corrected chi connectivity index (χ1v) is 8.05. The highest BCUT2D eigenvalue weighted by atomic mass is 15.0. The van der Waals surface area contributed by atoms with E-state index in [1.807, 2.05) is 0 Å². The molecule has 20 heavy (non-hydrogen) atoms. The normalized spacial score (nSPS) is 16.6. The third-order valence-corrected chi connectivity index (χ3v) is 4.41. The van der Waals surface area contributed by atoms with Gasteiger partial charge in [-0.25, -0.2) is 0 Å². The number of hydrogen-bond donors (Lipinski definition) is 1. The van der Waals surface area contributed by atoms with Crippen molar-refractivity contribution >= 4 is 10.9 Å². The van der Waals surface area contributed by atoms with Crippen LogP contribution in [0.1, 0.15) is 51.1 Å². The maximum Gasteiger partial charge on any atom is 0.0528 e. The average Bonchev–Trinajstić information content (AvgIpc) is 3.07. The lowest BCUT2D eigenvalue weighted by atomic mass is 10.1. The molecule has 0 spiro atoms. The number of hydrogen-bond acceptors (Lipinski definition) is 1. The first-order chi connectivity index (χ1) is 9.75. The molecule has 0 amide bonds. The Balaban J connectivity index is 1.88. The van der Waals surface area contributed by atoms with Crippen LogP contribution in [0.5, 0.6) is 0 Å². The molecular weight excluding hydrogens is 244 g/mol. The molecule has 0 radical (unpaired) electrons. The third-order valence-electron chi connectivity index (χ3n) is 4.41. The Labute approximate surface area is 122 Å². The van der Waals surface area contributed by atoms with Crippen molar-refractivity contribution in [3.8, 4) is 0 Å². The molecule has 1 N–H and O–H groups in total. The number of nitrogens with one attached hydrogen (secondary N) is 1. The molecule has 2 nitrogen and oxygen atoms in total. The van der Waals surface area contributed by atoms with E-state index in [9.17, 15) is 0 Å². The van der Waals surface area contributed by atoms with Crippen LogP contribution >= 0.6 is 0 Å². The van der Waals surface area contributed by atoms with Crippen molar-refractivity contribution in [3.05, 3.63) is 36.0 Å². The van der Waals surface area contributed by atoms with Gasteiger partial charge in [0.05, 0.1) is 5.52 Å². The minimum atomic E-state index is 0.704. The van der Waals surface area contributed by atoms with Crippen molar-refractivity contribution in [2.24, 2.45) is 5.92 Å². The monoisotopic (exact) mass is 270 g/mol. The third kappa shape index (κ3) is 2.76. The molecule has 0 bridgehead atoms. The van der Waals surface area contributed by atoms with Crippen LogP contribution < -0.4 is 5.32 Å². The molecule has 2 heteroatoms. The van der Waals surface area contributed by atoms with E-state index < -0.39 is 0 Å². The van der Waals surface area contributed by atoms with Crippen molar-refractivity contribution < 1.29 is 0 Å². The molecule has 1 heterocycles. The number of para-hydroxylation sites is 1. The van der Waals surface area contributed by atoms with Gasteiger partial charge in [-0.3, -0.25) is 0 Å². The zero-order chi connectivity index (χ0) is 13.9. The van der Waals surface area contributed by atoms with Gasteiger partial charge in [-0.1, -0.05) is 44.9 Å². The topological polar surface area (TPSA) is 17.0 Å². The Hall–Kier alpha value is -1.28. The van der Waals surface area contributed by atoms with Crippen LogP contribution in [0.4, 0.5) is 0 Å². The zero-order valence-corrected chi connectivity index (χ0v) is 12.7. The second kappa shape index (κ2) is 6.01. The zero-order valence-electron chi connectivity index (χ0n) is 12.7. The summed E-state index contributed by atoms with van der Waals surface area (Å²) in [6, 6.07) is 9.71. The lowest BCUT2D eigenvalue weighted by Crippen LogP contribution is -2.19. The van der Waals surface area contributed by atoms with Crippen LogP contribution in [0.25, 0.3) is 10.9 Å². The molecular formula is C18H26N2. The van der Waals surface area contributed by atoms with Crippen molar-refractivity contribution in [2.75, 3.05) is 6.54 Å². The molecule has 1 aliphatic carbocycles. The first-order valence-electron chi connectivity index (χ1n) is 8.05. The highest BCUT2D eigenvalue weighted by molar-refractivity contribution is 5.83. The van der Waals surface area contributed by atoms with Crippen LogP contribution in [0.2, 0.25) is 0 Å². The van der Waals surface area contributed by atoms with Crippen LogP contribution in [-0.2, 0) is 6.54 Å². The molecule has 0 unspecified atom stereocenters. The average molecular weight is 270 g/mol. The van der Waals surface area contributed by atoms with Crippen LogP contribution in [0.3, 0.4) is 0 Å². The molecule has 1 aromatic heterocycles. The predicted octanol–water partition coefficient (Wildman–Crippen LogP) is 4.50. The number of fused-ring (bicyclic) bond motifs is 1. The number of aromatic nitrogens is 1. The molecule has 1 saturated carbocycles. The standard InChI is InChI=1S/C18H26N2/c1-14(2)12-19-13-16-7-5-6-15-10-11-20(18(15)16)17-8-3-4-9-17/h5-7,10-11,14,17,19H,3-4,8-9,12-13H2,1-2H3. The Morgan fingerprint density at radius 3 is 2.75 bits per heavy atom. The molecule has 3 rings (SSSR count). The second-order valence-corrected chi connectivity index (χ2v) is 6.54. The molecule has 108 valence electrons. The number of rotatable bonds is 5. The number of benzene rings is 1. The van der Waals surface area contributed by atoms with E-state index >= 15 is 0 Å². The fourth-order valence-electron chi connectivity index (χ4n) is 3.42. The smallest absolute Gasteiger partial charge is 0.0528 e. The molecule has 0 atom stereocenters. The van der Waals surface area contributed by atoms with Gasteiger partial charge in [-0.15, -0.1) is 0 Å². The van der Waals surface area contributed by atoms with E-state index in [-0.39, 0.29) is 0 Å². The van der Waals surface area contributed by atoms with Crippen molar-refractivity contribution in [3.63, 3.8) is 0 Å². The van der Waals surface area contributed by atoms with E-state index in [2.05, 4.69) is 54.2 Å². The summed E-state index contributed by atoms with van der Waals surface area (Å²) in [6.45, 7) is 6.58. The van der Waals surface area contributed by atoms with E-state index in [1.54, 1.807) is 0 Å². The minimum Gasteiger partial charge on any atom is -0.344 e. The SMILES string of the molecule is CC(C)CNCc1cccc2ccn(C3CCCC3)c12. The number of nitrogens with zero attached hydrogens (tertiary/aromatic N) is 1. The van der Waals surface area contributed by atoms with E-state index in [0.29, 0.717) is 5.92 Å². The Kier molecular flexibility index (Phi) is 4.11. The van der Waals surface area contributed by atoms with Gasteiger partial charge in [0.25, 0.3) is 0 Å². The van der Waals surface area contributed by atoms with Crippen molar-refractivity contribution in [1.29, 1.82) is 0 Å². The highest BCUT2D eigenvalue weighted by Gasteiger charge is 2.19. The minimum absolute atomic E-state index is 0.704. The van der Waals surface area contributed by atoms with E-state index in [0.717, 1.165) is 19.1 Å². The molecule has 1 aromatic carbocycles. The van der Waals surface area contributed by atoms with Gasteiger partial charge in [0.2, 0.25) is 0 Å². The quantitative estimate of drug-likeness (QED) is 0.846. The maximum atomic E-state index is 3.59. The summed E-state index contributed by atoms with van der Waals surface area (Å²) in [7, 11) is 0. The molecule has 1 fully saturated rings. The first kappa shape index (κ1) is 13.7. The van der Waals surface area contributed by atoms with E-state index in [1.165, 1.54) is 42.1 Å². The largest absolute Gasteiger partial charge is 0.344 e. The predicted molar refractivity (Wildman–Crippen MR) is 86.0 cm³/mol. The summed E-state index contributed by atoms with van der Waals surface area (Å²) in [6.07, 6.45) is 7.76. The van der Waals surface area contributed by atoms with Crippen molar-refractivity contribution in [1.82, 2.24) is 9.88 Å². The van der Waals surface area contributed by atoms with E-state index in [4.69, 9.17) is 0 Å². The summed E-state index contributed by atoms with van der Waals surface area (Å²) in [5.74, 6) is 0.704. The van der Waals surface area contributed by atoms with Crippen LogP contribution in [0.15, 0.2) is 30.5 Å².